The Labute approximate surface area is 202 Å². The SMILES string of the molecule is CC1=C(c2nc(-c3ccc(C)cc3)no2)C(c2cccc(Cl)c2)NC(=S)N1c1ccccc1. The minimum Gasteiger partial charge on any atom is -0.351 e. The predicted octanol–water partition coefficient (Wildman–Crippen LogP) is 6.57. The second-order valence-corrected chi connectivity index (χ2v) is 8.72. The summed E-state index contributed by atoms with van der Waals surface area (Å²) in [6.07, 6.45) is 0. The third-order valence-corrected chi connectivity index (χ3v) is 6.18. The van der Waals surface area contributed by atoms with Crippen molar-refractivity contribution in [1.82, 2.24) is 15.5 Å². The van der Waals surface area contributed by atoms with Crippen molar-refractivity contribution in [3.05, 3.63) is 107 Å². The highest BCUT2D eigenvalue weighted by Gasteiger charge is 2.34. The topological polar surface area (TPSA) is 54.2 Å². The van der Waals surface area contributed by atoms with Gasteiger partial charge in [-0.1, -0.05) is 76.9 Å². The third kappa shape index (κ3) is 4.15. The van der Waals surface area contributed by atoms with E-state index in [4.69, 9.17) is 33.3 Å². The lowest BCUT2D eigenvalue weighted by atomic mass is 9.94. The molecule has 3 aromatic carbocycles. The zero-order chi connectivity index (χ0) is 22.9. The lowest BCUT2D eigenvalue weighted by molar-refractivity contribution is 0.404. The van der Waals surface area contributed by atoms with E-state index in [1.165, 1.54) is 5.56 Å². The highest BCUT2D eigenvalue weighted by molar-refractivity contribution is 7.80. The predicted molar refractivity (Wildman–Crippen MR) is 136 cm³/mol. The van der Waals surface area contributed by atoms with Crippen LogP contribution in [0.25, 0.3) is 17.0 Å². The molecule has 0 radical (unpaired) electrons. The van der Waals surface area contributed by atoms with Gasteiger partial charge in [-0.3, -0.25) is 4.90 Å². The number of nitrogens with one attached hydrogen (secondary N) is 1. The summed E-state index contributed by atoms with van der Waals surface area (Å²) < 4.78 is 5.80. The number of para-hydroxylation sites is 1. The largest absolute Gasteiger partial charge is 0.351 e. The minimum absolute atomic E-state index is 0.289. The maximum absolute atomic E-state index is 6.31. The van der Waals surface area contributed by atoms with E-state index in [1.54, 1.807) is 0 Å². The summed E-state index contributed by atoms with van der Waals surface area (Å²) in [5.74, 6) is 0.971. The zero-order valence-corrected chi connectivity index (χ0v) is 19.7. The van der Waals surface area contributed by atoms with Crippen molar-refractivity contribution in [3.63, 3.8) is 0 Å². The minimum atomic E-state index is -0.289. The number of aryl methyl sites for hydroxylation is 1. The molecular weight excluding hydrogens is 452 g/mol. The van der Waals surface area contributed by atoms with Gasteiger partial charge in [-0.25, -0.2) is 0 Å². The molecule has 1 aliphatic heterocycles. The van der Waals surface area contributed by atoms with E-state index < -0.39 is 0 Å². The molecule has 0 amide bonds. The molecule has 2 heterocycles. The highest BCUT2D eigenvalue weighted by Crippen LogP contribution is 2.39. The fourth-order valence-corrected chi connectivity index (χ4v) is 4.56. The number of allylic oxidation sites excluding steroid dienone is 1. The molecule has 1 aromatic heterocycles. The number of thiocarbonyl (C=S) groups is 1. The number of nitrogens with zero attached hydrogens (tertiary/aromatic N) is 3. The van der Waals surface area contributed by atoms with Crippen LogP contribution in [0.4, 0.5) is 5.69 Å². The fourth-order valence-electron chi connectivity index (χ4n) is 4.00. The molecule has 7 heteroatoms. The molecule has 4 aromatic rings. The van der Waals surface area contributed by atoms with Crippen LogP contribution >= 0.6 is 23.8 Å². The number of hydrogen-bond acceptors (Lipinski definition) is 4. The molecular formula is C26H21ClN4OS. The molecule has 5 nitrogen and oxygen atoms in total. The first-order valence-corrected chi connectivity index (χ1v) is 11.3. The van der Waals surface area contributed by atoms with E-state index in [1.807, 2.05) is 97.6 Å². The van der Waals surface area contributed by atoms with Gasteiger partial charge in [0, 0.05) is 22.0 Å². The lowest BCUT2D eigenvalue weighted by Crippen LogP contribution is -2.46. The van der Waals surface area contributed by atoms with Gasteiger partial charge in [-0.2, -0.15) is 4.98 Å². The van der Waals surface area contributed by atoms with Gasteiger partial charge in [0.25, 0.3) is 5.89 Å². The summed E-state index contributed by atoms with van der Waals surface area (Å²) >= 11 is 12.1. The highest BCUT2D eigenvalue weighted by atomic mass is 35.5. The van der Waals surface area contributed by atoms with Gasteiger partial charge >= 0.3 is 0 Å². The van der Waals surface area contributed by atoms with E-state index in [9.17, 15) is 0 Å². The Hall–Kier alpha value is -3.48. The monoisotopic (exact) mass is 472 g/mol. The number of halogens is 1. The lowest BCUT2D eigenvalue weighted by Gasteiger charge is -2.37. The average molecular weight is 473 g/mol. The van der Waals surface area contributed by atoms with E-state index in [0.29, 0.717) is 21.9 Å². The summed E-state index contributed by atoms with van der Waals surface area (Å²) in [5, 5.41) is 8.96. The second kappa shape index (κ2) is 8.81. The molecule has 33 heavy (non-hydrogen) atoms. The van der Waals surface area contributed by atoms with Crippen LogP contribution in [-0.4, -0.2) is 15.3 Å². The van der Waals surface area contributed by atoms with Gasteiger partial charge in [0.2, 0.25) is 5.82 Å². The number of aromatic nitrogens is 2. The number of anilines is 1. The fraction of sp³-hybridized carbons (Fsp3) is 0.115. The van der Waals surface area contributed by atoms with Crippen molar-refractivity contribution in [2.75, 3.05) is 4.90 Å². The Morgan fingerprint density at radius 3 is 2.45 bits per heavy atom. The van der Waals surface area contributed by atoms with E-state index in [2.05, 4.69) is 10.5 Å². The van der Waals surface area contributed by atoms with Crippen molar-refractivity contribution in [2.45, 2.75) is 19.9 Å². The molecule has 1 atom stereocenters. The molecule has 0 saturated heterocycles. The third-order valence-electron chi connectivity index (χ3n) is 5.65. The smallest absolute Gasteiger partial charge is 0.258 e. The Morgan fingerprint density at radius 2 is 1.73 bits per heavy atom. The molecule has 1 N–H and O–H groups in total. The summed E-state index contributed by atoms with van der Waals surface area (Å²) in [6.45, 7) is 4.06. The van der Waals surface area contributed by atoms with E-state index >= 15 is 0 Å². The van der Waals surface area contributed by atoms with E-state index in [-0.39, 0.29) is 6.04 Å². The van der Waals surface area contributed by atoms with Crippen LogP contribution in [0.1, 0.15) is 30.0 Å². The first-order valence-electron chi connectivity index (χ1n) is 10.5. The molecule has 0 spiro atoms. The Morgan fingerprint density at radius 1 is 0.970 bits per heavy atom. The molecule has 0 aliphatic carbocycles. The molecule has 1 unspecified atom stereocenters. The van der Waals surface area contributed by atoms with Crippen molar-refractivity contribution in [3.8, 4) is 11.4 Å². The number of benzene rings is 3. The van der Waals surface area contributed by atoms with Crippen LogP contribution < -0.4 is 10.2 Å². The van der Waals surface area contributed by atoms with Gasteiger partial charge in [-0.05, 0) is 55.9 Å². The first-order chi connectivity index (χ1) is 16.0. The normalized spacial score (nSPS) is 16.2. The summed E-state index contributed by atoms with van der Waals surface area (Å²) in [7, 11) is 0. The summed E-state index contributed by atoms with van der Waals surface area (Å²) in [6, 6.07) is 25.4. The summed E-state index contributed by atoms with van der Waals surface area (Å²) in [4.78, 5) is 6.74. The van der Waals surface area contributed by atoms with E-state index in [0.717, 1.165) is 28.1 Å². The van der Waals surface area contributed by atoms with Crippen LogP contribution in [-0.2, 0) is 0 Å². The Balaban J connectivity index is 1.66. The maximum Gasteiger partial charge on any atom is 0.258 e. The van der Waals surface area contributed by atoms with Crippen LogP contribution in [0.2, 0.25) is 5.02 Å². The van der Waals surface area contributed by atoms with Crippen LogP contribution in [0.5, 0.6) is 0 Å². The van der Waals surface area contributed by atoms with Crippen molar-refractivity contribution < 1.29 is 4.52 Å². The van der Waals surface area contributed by atoms with Crippen LogP contribution in [0.15, 0.2) is 89.1 Å². The van der Waals surface area contributed by atoms with Crippen LogP contribution in [0.3, 0.4) is 0 Å². The van der Waals surface area contributed by atoms with Crippen molar-refractivity contribution >= 4 is 40.2 Å². The van der Waals surface area contributed by atoms with Gasteiger partial charge in [0.15, 0.2) is 5.11 Å². The summed E-state index contributed by atoms with van der Waals surface area (Å²) in [5.41, 5.74) is 5.74. The second-order valence-electron chi connectivity index (χ2n) is 7.90. The average Bonchev–Trinajstić information content (AvgIpc) is 3.29. The first kappa shape index (κ1) is 21.4. The maximum atomic E-state index is 6.31. The Kier molecular flexibility index (Phi) is 5.70. The van der Waals surface area contributed by atoms with Gasteiger partial charge < -0.3 is 9.84 Å². The van der Waals surface area contributed by atoms with Gasteiger partial charge in [-0.15, -0.1) is 0 Å². The number of rotatable bonds is 4. The molecule has 5 rings (SSSR count). The Bertz CT molecular complexity index is 1350. The molecule has 164 valence electrons. The van der Waals surface area contributed by atoms with Crippen molar-refractivity contribution in [1.29, 1.82) is 0 Å². The molecule has 0 bridgehead atoms. The van der Waals surface area contributed by atoms with Crippen molar-refractivity contribution in [2.24, 2.45) is 0 Å². The van der Waals surface area contributed by atoms with Gasteiger partial charge in [0.1, 0.15) is 0 Å². The molecule has 0 saturated carbocycles. The molecule has 0 fully saturated rings. The van der Waals surface area contributed by atoms with Gasteiger partial charge in [0.05, 0.1) is 11.6 Å². The number of hydrogen-bond donors (Lipinski definition) is 1. The van der Waals surface area contributed by atoms with Crippen LogP contribution in [0, 0.1) is 6.92 Å². The standard InChI is InChI=1S/C26H21ClN4OS/c1-16-11-13-18(14-12-16)24-29-25(32-30-24)22-17(2)31(21-9-4-3-5-10-21)26(33)28-23(22)19-7-6-8-20(27)15-19/h3-15,23H,1-2H3,(H,28,33). The quantitative estimate of drug-likeness (QED) is 0.339. The zero-order valence-electron chi connectivity index (χ0n) is 18.1. The molecule has 1 aliphatic rings.